The fourth-order valence-electron chi connectivity index (χ4n) is 5.26. The highest BCUT2D eigenvalue weighted by atomic mass is 32.1. The van der Waals surface area contributed by atoms with Gasteiger partial charge in [-0.15, -0.1) is 45.3 Å². The van der Waals surface area contributed by atoms with Gasteiger partial charge in [0.1, 0.15) is 0 Å². The maximum Gasteiger partial charge on any atom is 0.0635 e. The van der Waals surface area contributed by atoms with Gasteiger partial charge in [0.15, 0.2) is 0 Å². The molecule has 0 atom stereocenters. The monoisotopic (exact) mass is 592 g/mol. The highest BCUT2D eigenvalue weighted by molar-refractivity contribution is 7.16. The standard InChI is InChI=1S/C34H28N2S4/c1-21-8-16-31(37-21)27-12-13-28(32-17-9-22(2)38-32)35(27)25-6-5-7-26(20-25)36-29(33-18-10-23(3)39-33)14-15-30(36)34-19-11-24(4)40-34/h5-20H,1-4H3. The molecule has 1 aromatic carbocycles. The van der Waals surface area contributed by atoms with Crippen molar-refractivity contribution in [3.63, 3.8) is 0 Å². The van der Waals surface area contributed by atoms with Gasteiger partial charge in [-0.2, -0.15) is 0 Å². The average molecular weight is 593 g/mol. The number of aryl methyl sites for hydroxylation is 4. The molecule has 0 saturated carbocycles. The smallest absolute Gasteiger partial charge is 0.0635 e. The third-order valence-electron chi connectivity index (χ3n) is 7.08. The highest BCUT2D eigenvalue weighted by Gasteiger charge is 2.19. The lowest BCUT2D eigenvalue weighted by Crippen LogP contribution is -2.02. The summed E-state index contributed by atoms with van der Waals surface area (Å²) < 4.78 is 4.88. The zero-order valence-corrected chi connectivity index (χ0v) is 26.0. The van der Waals surface area contributed by atoms with Gasteiger partial charge in [0, 0.05) is 30.9 Å². The zero-order valence-electron chi connectivity index (χ0n) is 22.8. The van der Waals surface area contributed by atoms with E-state index in [1.54, 1.807) is 0 Å². The first-order chi connectivity index (χ1) is 19.4. The van der Waals surface area contributed by atoms with Crippen LogP contribution in [-0.2, 0) is 0 Å². The van der Waals surface area contributed by atoms with E-state index in [-0.39, 0.29) is 0 Å². The third kappa shape index (κ3) is 4.55. The van der Waals surface area contributed by atoms with Crippen molar-refractivity contribution < 1.29 is 0 Å². The van der Waals surface area contributed by atoms with E-state index in [0.717, 1.165) is 0 Å². The number of hydrogen-bond donors (Lipinski definition) is 0. The Morgan fingerprint density at radius 2 is 0.675 bits per heavy atom. The Labute approximate surface area is 251 Å². The van der Waals surface area contributed by atoms with E-state index in [4.69, 9.17) is 0 Å². The molecule has 0 amide bonds. The SMILES string of the molecule is Cc1ccc(-c2ccc(-c3ccc(C)s3)n2-c2cccc(-n3c(-c4ccc(C)s4)ccc3-c3ccc(C)s3)c2)s1. The molecular formula is C34H28N2S4. The van der Waals surface area contributed by atoms with Crippen LogP contribution < -0.4 is 0 Å². The second-order valence-electron chi connectivity index (χ2n) is 10.0. The van der Waals surface area contributed by atoms with Gasteiger partial charge in [0.25, 0.3) is 0 Å². The summed E-state index contributed by atoms with van der Waals surface area (Å²) in [6, 6.07) is 36.0. The van der Waals surface area contributed by atoms with E-state index in [1.807, 2.05) is 45.3 Å². The molecule has 0 spiro atoms. The molecule has 198 valence electrons. The number of nitrogens with zero attached hydrogens (tertiary/aromatic N) is 2. The Morgan fingerprint density at radius 3 is 0.925 bits per heavy atom. The minimum atomic E-state index is 1.17. The molecular weight excluding hydrogens is 565 g/mol. The molecule has 0 radical (unpaired) electrons. The van der Waals surface area contributed by atoms with Crippen molar-refractivity contribution in [2.24, 2.45) is 0 Å². The quantitative estimate of drug-likeness (QED) is 0.182. The molecule has 6 aromatic heterocycles. The van der Waals surface area contributed by atoms with Crippen LogP contribution in [0.2, 0.25) is 0 Å². The van der Waals surface area contributed by atoms with Crippen LogP contribution >= 0.6 is 45.3 Å². The average Bonchev–Trinajstić information content (AvgIpc) is 3.76. The minimum Gasteiger partial charge on any atom is -0.308 e. The van der Waals surface area contributed by atoms with Crippen LogP contribution in [0.1, 0.15) is 19.5 Å². The van der Waals surface area contributed by atoms with Crippen LogP contribution in [-0.4, -0.2) is 9.13 Å². The molecule has 2 nitrogen and oxygen atoms in total. The van der Waals surface area contributed by atoms with Crippen molar-refractivity contribution in [3.05, 3.63) is 117 Å². The largest absolute Gasteiger partial charge is 0.308 e. The molecule has 7 aromatic rings. The Morgan fingerprint density at radius 1 is 0.375 bits per heavy atom. The summed E-state index contributed by atoms with van der Waals surface area (Å²) in [6.45, 7) is 8.72. The molecule has 0 aliphatic carbocycles. The lowest BCUT2D eigenvalue weighted by Gasteiger charge is -2.17. The van der Waals surface area contributed by atoms with Gasteiger partial charge in [0.2, 0.25) is 0 Å². The molecule has 7 rings (SSSR count). The summed E-state index contributed by atoms with van der Waals surface area (Å²) >= 11 is 7.40. The normalized spacial score (nSPS) is 11.5. The van der Waals surface area contributed by atoms with Crippen molar-refractivity contribution in [3.8, 4) is 53.7 Å². The second-order valence-corrected chi connectivity index (χ2v) is 15.2. The van der Waals surface area contributed by atoms with E-state index < -0.39 is 0 Å². The fraction of sp³-hybridized carbons (Fsp3) is 0.118. The predicted molar refractivity (Wildman–Crippen MR) is 177 cm³/mol. The minimum absolute atomic E-state index is 1.17. The Bertz CT molecular complexity index is 1710. The van der Waals surface area contributed by atoms with Gasteiger partial charge >= 0.3 is 0 Å². The summed E-state index contributed by atoms with van der Waals surface area (Å²) in [5.74, 6) is 0. The van der Waals surface area contributed by atoms with Gasteiger partial charge in [0.05, 0.1) is 42.3 Å². The Kier molecular flexibility index (Phi) is 6.51. The lowest BCUT2D eigenvalue weighted by molar-refractivity contribution is 1.06. The number of benzene rings is 1. The van der Waals surface area contributed by atoms with Crippen molar-refractivity contribution in [1.82, 2.24) is 9.13 Å². The number of aromatic nitrogens is 2. The first-order valence-corrected chi connectivity index (χ1v) is 16.5. The first kappa shape index (κ1) is 25.5. The number of rotatable bonds is 6. The maximum atomic E-state index is 2.44. The molecule has 0 saturated heterocycles. The number of hydrogen-bond acceptors (Lipinski definition) is 4. The van der Waals surface area contributed by atoms with Gasteiger partial charge < -0.3 is 9.13 Å². The first-order valence-electron chi connectivity index (χ1n) is 13.3. The Hall–Kier alpha value is -3.42. The molecule has 0 N–H and O–H groups in total. The van der Waals surface area contributed by atoms with E-state index in [9.17, 15) is 0 Å². The molecule has 0 aliphatic heterocycles. The molecule has 40 heavy (non-hydrogen) atoms. The molecule has 0 fully saturated rings. The van der Waals surface area contributed by atoms with E-state index in [1.165, 1.54) is 73.2 Å². The van der Waals surface area contributed by atoms with Crippen LogP contribution in [0.25, 0.3) is 53.7 Å². The topological polar surface area (TPSA) is 9.86 Å². The van der Waals surface area contributed by atoms with Crippen molar-refractivity contribution in [2.75, 3.05) is 0 Å². The van der Waals surface area contributed by atoms with Crippen LogP contribution in [0.15, 0.2) is 97.1 Å². The fourth-order valence-corrected chi connectivity index (χ4v) is 8.79. The predicted octanol–water partition coefficient (Wildman–Crippen LogP) is 11.4. The highest BCUT2D eigenvalue weighted by Crippen LogP contribution is 2.41. The summed E-state index contributed by atoms with van der Waals surface area (Å²) in [4.78, 5) is 10.4. The molecule has 0 unspecified atom stereocenters. The molecule has 6 heteroatoms. The summed E-state index contributed by atoms with van der Waals surface area (Å²) in [7, 11) is 0. The molecule has 6 heterocycles. The molecule has 0 bridgehead atoms. The lowest BCUT2D eigenvalue weighted by atomic mass is 10.2. The van der Waals surface area contributed by atoms with Gasteiger partial charge in [-0.25, -0.2) is 0 Å². The van der Waals surface area contributed by atoms with Crippen LogP contribution in [0.4, 0.5) is 0 Å². The van der Waals surface area contributed by atoms with E-state index >= 15 is 0 Å². The Balaban J connectivity index is 1.45. The van der Waals surface area contributed by atoms with E-state index in [2.05, 4.69) is 134 Å². The maximum absolute atomic E-state index is 2.44. The summed E-state index contributed by atoms with van der Waals surface area (Å²) in [5, 5.41) is 0. The number of thiophene rings is 4. The van der Waals surface area contributed by atoms with Crippen LogP contribution in [0, 0.1) is 27.7 Å². The summed E-state index contributed by atoms with van der Waals surface area (Å²) in [5.41, 5.74) is 7.25. The van der Waals surface area contributed by atoms with Gasteiger partial charge in [-0.05, 0) is 119 Å². The third-order valence-corrected chi connectivity index (χ3v) is 11.2. The van der Waals surface area contributed by atoms with Crippen LogP contribution in [0.3, 0.4) is 0 Å². The zero-order chi connectivity index (χ0) is 27.4. The van der Waals surface area contributed by atoms with Crippen molar-refractivity contribution in [1.29, 1.82) is 0 Å². The summed E-state index contributed by atoms with van der Waals surface area (Å²) in [6.07, 6.45) is 0. The van der Waals surface area contributed by atoms with Crippen molar-refractivity contribution in [2.45, 2.75) is 27.7 Å². The molecule has 0 aliphatic rings. The van der Waals surface area contributed by atoms with Crippen LogP contribution in [0.5, 0.6) is 0 Å². The van der Waals surface area contributed by atoms with E-state index in [0.29, 0.717) is 0 Å². The van der Waals surface area contributed by atoms with Gasteiger partial charge in [-0.3, -0.25) is 0 Å². The van der Waals surface area contributed by atoms with Crippen molar-refractivity contribution >= 4 is 45.3 Å². The second kappa shape index (κ2) is 10.2. The van der Waals surface area contributed by atoms with Gasteiger partial charge in [-0.1, -0.05) is 6.07 Å².